The lowest BCUT2D eigenvalue weighted by molar-refractivity contribution is -0.135. The van der Waals surface area contributed by atoms with Gasteiger partial charge in [0.2, 0.25) is 10.0 Å². The smallest absolute Gasteiger partial charge is 0.402 e. The van der Waals surface area contributed by atoms with Crippen LogP contribution >= 0.6 is 0 Å². The number of hydrogen-bond acceptors (Lipinski definition) is 5. The number of carboxylic acids is 1. The van der Waals surface area contributed by atoms with Gasteiger partial charge in [0, 0.05) is 12.6 Å². The highest BCUT2D eigenvalue weighted by Gasteiger charge is 2.37. The van der Waals surface area contributed by atoms with Gasteiger partial charge in [0.05, 0.1) is 19.1 Å². The quantitative estimate of drug-likeness (QED) is 0.788. The van der Waals surface area contributed by atoms with Crippen molar-refractivity contribution in [1.29, 1.82) is 0 Å². The van der Waals surface area contributed by atoms with Crippen molar-refractivity contribution in [3.8, 4) is 11.5 Å². The molecule has 0 aliphatic rings. The maximum absolute atomic E-state index is 12.6. The zero-order valence-electron chi connectivity index (χ0n) is 13.0. The summed E-state index contributed by atoms with van der Waals surface area (Å²) in [4.78, 5) is 10.6. The third-order valence-corrected chi connectivity index (χ3v) is 4.93. The van der Waals surface area contributed by atoms with Crippen LogP contribution in [0.4, 0.5) is 13.2 Å². The number of rotatable bonds is 7. The molecule has 24 heavy (non-hydrogen) atoms. The molecule has 0 fully saturated rings. The molecule has 1 aromatic rings. The Hall–Kier alpha value is -2.01. The molecule has 136 valence electrons. The van der Waals surface area contributed by atoms with Crippen LogP contribution in [0.3, 0.4) is 0 Å². The Balaban J connectivity index is 3.53. The number of hydrogen-bond donors (Lipinski definition) is 1. The first-order valence-electron chi connectivity index (χ1n) is 6.54. The molecule has 0 saturated carbocycles. The van der Waals surface area contributed by atoms with E-state index in [1.807, 2.05) is 0 Å². The summed E-state index contributed by atoms with van der Waals surface area (Å²) in [6.45, 7) is -0.899. The van der Waals surface area contributed by atoms with E-state index in [-0.39, 0.29) is 15.8 Å². The number of benzene rings is 1. The Labute approximate surface area is 136 Å². The van der Waals surface area contributed by atoms with Crippen LogP contribution in [-0.2, 0) is 10.0 Å². The zero-order valence-corrected chi connectivity index (χ0v) is 13.9. The molecule has 0 amide bonds. The molecule has 0 aromatic heterocycles. The van der Waals surface area contributed by atoms with E-state index in [0.29, 0.717) is 0 Å². The molecular formula is C13H16F3NO6S. The minimum Gasteiger partial charge on any atom is -0.493 e. The van der Waals surface area contributed by atoms with Crippen LogP contribution in [0.25, 0.3) is 0 Å². The van der Waals surface area contributed by atoms with E-state index in [1.54, 1.807) is 0 Å². The van der Waals surface area contributed by atoms with Gasteiger partial charge in [0.1, 0.15) is 12.1 Å². The van der Waals surface area contributed by atoms with Crippen LogP contribution in [0.15, 0.2) is 17.0 Å². The highest BCUT2D eigenvalue weighted by molar-refractivity contribution is 7.89. The summed E-state index contributed by atoms with van der Waals surface area (Å²) in [5.74, 6) is -1.97. The molecule has 0 aliphatic heterocycles. The van der Waals surface area contributed by atoms with E-state index in [9.17, 15) is 26.4 Å². The topological polar surface area (TPSA) is 93.1 Å². The van der Waals surface area contributed by atoms with Crippen LogP contribution in [0.2, 0.25) is 0 Å². The first-order valence-corrected chi connectivity index (χ1v) is 7.98. The van der Waals surface area contributed by atoms with E-state index in [2.05, 4.69) is 0 Å². The number of ether oxygens (including phenoxy) is 2. The summed E-state index contributed by atoms with van der Waals surface area (Å²) in [7, 11) is -2.28. The maximum atomic E-state index is 12.6. The maximum Gasteiger partial charge on any atom is 0.402 e. The van der Waals surface area contributed by atoms with Crippen molar-refractivity contribution in [1.82, 2.24) is 4.31 Å². The monoisotopic (exact) mass is 371 g/mol. The average molecular weight is 371 g/mol. The predicted octanol–water partition coefficient (Wildman–Crippen LogP) is 1.97. The van der Waals surface area contributed by atoms with Gasteiger partial charge in [-0.25, -0.2) is 13.2 Å². The van der Waals surface area contributed by atoms with Crippen molar-refractivity contribution in [3.63, 3.8) is 0 Å². The third kappa shape index (κ3) is 4.29. The van der Waals surface area contributed by atoms with Gasteiger partial charge in [0.15, 0.2) is 11.5 Å². The standard InChI is InChI=1S/C13H16F3NO6S/c1-4-17(7-13(14,15)16)24(20,21)8-5-9(12(18)19)11(23-3)10(6-8)22-2/h5-6H,4,7H2,1-3H3,(H,18,19). The highest BCUT2D eigenvalue weighted by Crippen LogP contribution is 2.35. The fraction of sp³-hybridized carbons (Fsp3) is 0.462. The Morgan fingerprint density at radius 1 is 1.25 bits per heavy atom. The van der Waals surface area contributed by atoms with E-state index >= 15 is 0 Å². The molecule has 1 rings (SSSR count). The van der Waals surface area contributed by atoms with Crippen molar-refractivity contribution in [3.05, 3.63) is 17.7 Å². The molecule has 0 bridgehead atoms. The fourth-order valence-corrected chi connectivity index (χ4v) is 3.44. The molecule has 0 atom stereocenters. The van der Waals surface area contributed by atoms with Gasteiger partial charge in [-0.3, -0.25) is 0 Å². The van der Waals surface area contributed by atoms with Gasteiger partial charge in [-0.15, -0.1) is 0 Å². The number of methoxy groups -OCH3 is 2. The lowest BCUT2D eigenvalue weighted by Crippen LogP contribution is -2.38. The van der Waals surface area contributed by atoms with E-state index in [0.717, 1.165) is 26.4 Å². The number of sulfonamides is 1. The van der Waals surface area contributed by atoms with Gasteiger partial charge in [0.25, 0.3) is 0 Å². The number of carboxylic acid groups (broad SMARTS) is 1. The molecule has 7 nitrogen and oxygen atoms in total. The lowest BCUT2D eigenvalue weighted by atomic mass is 10.2. The first kappa shape index (κ1) is 20.0. The van der Waals surface area contributed by atoms with Crippen LogP contribution in [0.5, 0.6) is 11.5 Å². The summed E-state index contributed by atoms with van der Waals surface area (Å²) < 4.78 is 72.5. The highest BCUT2D eigenvalue weighted by atomic mass is 32.2. The summed E-state index contributed by atoms with van der Waals surface area (Å²) in [6.07, 6.45) is -4.74. The molecule has 0 radical (unpaired) electrons. The minimum atomic E-state index is -4.74. The summed E-state index contributed by atoms with van der Waals surface area (Å²) in [5, 5.41) is 9.17. The van der Waals surface area contributed by atoms with Gasteiger partial charge in [-0.2, -0.15) is 17.5 Å². The third-order valence-electron chi connectivity index (χ3n) is 3.03. The summed E-state index contributed by atoms with van der Waals surface area (Å²) in [5.41, 5.74) is -0.543. The van der Waals surface area contributed by atoms with Crippen LogP contribution in [0, 0.1) is 0 Å². The zero-order chi connectivity index (χ0) is 18.7. The largest absolute Gasteiger partial charge is 0.493 e. The molecule has 11 heteroatoms. The van der Waals surface area contributed by atoms with Gasteiger partial charge in [-0.1, -0.05) is 6.92 Å². The minimum absolute atomic E-state index is 0.194. The Bertz CT molecular complexity index is 717. The molecule has 0 unspecified atom stereocenters. The Morgan fingerprint density at radius 3 is 2.21 bits per heavy atom. The number of nitrogens with zero attached hydrogens (tertiary/aromatic N) is 1. The second-order valence-electron chi connectivity index (χ2n) is 4.56. The average Bonchev–Trinajstić information content (AvgIpc) is 2.49. The van der Waals surface area contributed by atoms with E-state index in [1.165, 1.54) is 6.92 Å². The molecule has 1 N–H and O–H groups in total. The normalized spacial score (nSPS) is 12.3. The second kappa shape index (κ2) is 7.26. The molecule has 1 aromatic carbocycles. The van der Waals surface area contributed by atoms with Crippen molar-refractivity contribution < 1.29 is 41.0 Å². The van der Waals surface area contributed by atoms with Crippen molar-refractivity contribution in [2.45, 2.75) is 18.0 Å². The van der Waals surface area contributed by atoms with Crippen molar-refractivity contribution >= 4 is 16.0 Å². The number of halogens is 3. The number of aromatic carboxylic acids is 1. The number of alkyl halides is 3. The molecule has 0 heterocycles. The van der Waals surface area contributed by atoms with Crippen LogP contribution < -0.4 is 9.47 Å². The van der Waals surface area contributed by atoms with E-state index < -0.39 is 45.7 Å². The van der Waals surface area contributed by atoms with E-state index in [4.69, 9.17) is 14.6 Å². The van der Waals surface area contributed by atoms with Crippen molar-refractivity contribution in [2.75, 3.05) is 27.3 Å². The predicted molar refractivity (Wildman–Crippen MR) is 77.0 cm³/mol. The van der Waals surface area contributed by atoms with Gasteiger partial charge >= 0.3 is 12.1 Å². The summed E-state index contributed by atoms with van der Waals surface area (Å²) >= 11 is 0. The molecular weight excluding hydrogens is 355 g/mol. The SMILES string of the molecule is CCN(CC(F)(F)F)S(=O)(=O)c1cc(OC)c(OC)c(C(=O)O)c1. The molecule has 0 spiro atoms. The molecule has 0 aliphatic carbocycles. The first-order chi connectivity index (χ1) is 11.0. The van der Waals surface area contributed by atoms with Gasteiger partial charge < -0.3 is 14.6 Å². The lowest BCUT2D eigenvalue weighted by Gasteiger charge is -2.22. The van der Waals surface area contributed by atoms with Crippen LogP contribution in [0.1, 0.15) is 17.3 Å². The summed E-state index contributed by atoms with van der Waals surface area (Å²) in [6, 6.07) is 1.65. The molecule has 0 saturated heterocycles. The van der Waals surface area contributed by atoms with Gasteiger partial charge in [-0.05, 0) is 6.07 Å². The second-order valence-corrected chi connectivity index (χ2v) is 6.50. The Kier molecular flexibility index (Phi) is 6.06. The van der Waals surface area contributed by atoms with Crippen LogP contribution in [-0.4, -0.2) is 57.3 Å². The Morgan fingerprint density at radius 2 is 1.83 bits per heavy atom. The van der Waals surface area contributed by atoms with Crippen molar-refractivity contribution in [2.24, 2.45) is 0 Å². The fourth-order valence-electron chi connectivity index (χ4n) is 1.96. The number of carbonyl (C=O) groups is 1.